The third kappa shape index (κ3) is 4.76. The lowest BCUT2D eigenvalue weighted by Crippen LogP contribution is -2.30. The summed E-state index contributed by atoms with van der Waals surface area (Å²) in [4.78, 5) is 14.1. The standard InChI is InChI=1S/C16H20N2O/c19-16(15-9-3-1-4-10-15)17-11-5-8-14-18-12-6-2-7-13-18/h1,3-4,9-10H,2,6-7,11-14H2,(H,17,19). The fraction of sp³-hybridized carbons (Fsp3) is 0.438. The first kappa shape index (κ1) is 13.6. The van der Waals surface area contributed by atoms with Crippen LogP contribution in [0.25, 0.3) is 0 Å². The van der Waals surface area contributed by atoms with Gasteiger partial charge in [0.25, 0.3) is 5.91 Å². The molecule has 1 N–H and O–H groups in total. The van der Waals surface area contributed by atoms with E-state index >= 15 is 0 Å². The number of likely N-dealkylation sites (tertiary alicyclic amines) is 1. The molecule has 1 saturated heterocycles. The van der Waals surface area contributed by atoms with Gasteiger partial charge in [0, 0.05) is 5.56 Å². The molecule has 0 bridgehead atoms. The van der Waals surface area contributed by atoms with Gasteiger partial charge in [-0.2, -0.15) is 0 Å². The second kappa shape index (κ2) is 7.60. The van der Waals surface area contributed by atoms with E-state index in [1.54, 1.807) is 12.1 Å². The number of nitrogens with zero attached hydrogens (tertiary/aromatic N) is 1. The normalized spacial score (nSPS) is 15.4. The number of piperidine rings is 1. The summed E-state index contributed by atoms with van der Waals surface area (Å²) in [5, 5.41) is 2.81. The molecule has 0 aromatic heterocycles. The lowest BCUT2D eigenvalue weighted by Gasteiger charge is -2.23. The molecule has 1 heterocycles. The van der Waals surface area contributed by atoms with Crippen molar-refractivity contribution in [3.05, 3.63) is 35.9 Å². The van der Waals surface area contributed by atoms with E-state index in [4.69, 9.17) is 0 Å². The molecule has 0 aliphatic carbocycles. The summed E-state index contributed by atoms with van der Waals surface area (Å²) in [6, 6.07) is 9.22. The first-order valence-corrected chi connectivity index (χ1v) is 6.87. The predicted octanol–water partition coefficient (Wildman–Crippen LogP) is 1.91. The molecule has 1 amide bonds. The van der Waals surface area contributed by atoms with Crippen LogP contribution in [0.3, 0.4) is 0 Å². The molecule has 0 spiro atoms. The Morgan fingerprint density at radius 3 is 2.58 bits per heavy atom. The third-order valence-electron chi connectivity index (χ3n) is 3.25. The van der Waals surface area contributed by atoms with Crippen molar-refractivity contribution in [2.24, 2.45) is 0 Å². The highest BCUT2D eigenvalue weighted by Gasteiger charge is 2.07. The van der Waals surface area contributed by atoms with Gasteiger partial charge in [-0.05, 0) is 38.1 Å². The quantitative estimate of drug-likeness (QED) is 0.838. The van der Waals surface area contributed by atoms with Crippen molar-refractivity contribution < 1.29 is 4.79 Å². The van der Waals surface area contributed by atoms with E-state index in [-0.39, 0.29) is 5.91 Å². The minimum absolute atomic E-state index is 0.0622. The highest BCUT2D eigenvalue weighted by molar-refractivity contribution is 5.94. The largest absolute Gasteiger partial charge is 0.341 e. The lowest BCUT2D eigenvalue weighted by atomic mass is 10.1. The van der Waals surface area contributed by atoms with Gasteiger partial charge in [0.15, 0.2) is 0 Å². The van der Waals surface area contributed by atoms with Gasteiger partial charge < -0.3 is 5.32 Å². The van der Waals surface area contributed by atoms with E-state index in [0.717, 1.165) is 19.6 Å². The number of hydrogen-bond acceptors (Lipinski definition) is 2. The van der Waals surface area contributed by atoms with Crippen LogP contribution in [0.4, 0.5) is 0 Å². The van der Waals surface area contributed by atoms with E-state index in [0.29, 0.717) is 12.1 Å². The number of benzene rings is 1. The summed E-state index contributed by atoms with van der Waals surface area (Å²) in [6.45, 7) is 3.55. The van der Waals surface area contributed by atoms with Gasteiger partial charge in [-0.15, -0.1) is 0 Å². The molecule has 100 valence electrons. The minimum atomic E-state index is -0.0622. The maximum atomic E-state index is 11.7. The molecule has 0 radical (unpaired) electrons. The van der Waals surface area contributed by atoms with E-state index in [2.05, 4.69) is 22.1 Å². The summed E-state index contributed by atoms with van der Waals surface area (Å²) in [5.41, 5.74) is 0.681. The average molecular weight is 256 g/mol. The molecule has 0 saturated carbocycles. The second-order valence-corrected chi connectivity index (χ2v) is 4.74. The molecule has 3 nitrogen and oxygen atoms in total. The minimum Gasteiger partial charge on any atom is -0.341 e. The third-order valence-corrected chi connectivity index (χ3v) is 3.25. The summed E-state index contributed by atoms with van der Waals surface area (Å²) in [6.07, 6.45) is 3.91. The van der Waals surface area contributed by atoms with E-state index in [1.165, 1.54) is 19.3 Å². The van der Waals surface area contributed by atoms with Crippen molar-refractivity contribution in [3.63, 3.8) is 0 Å². The zero-order valence-corrected chi connectivity index (χ0v) is 11.2. The van der Waals surface area contributed by atoms with Gasteiger partial charge in [-0.25, -0.2) is 0 Å². The first-order chi connectivity index (χ1) is 9.36. The molecule has 1 aromatic carbocycles. The van der Waals surface area contributed by atoms with Gasteiger partial charge in [0.1, 0.15) is 0 Å². The maximum Gasteiger partial charge on any atom is 0.252 e. The van der Waals surface area contributed by atoms with Crippen molar-refractivity contribution >= 4 is 5.91 Å². The number of carbonyl (C=O) groups excluding carboxylic acids is 1. The Balaban J connectivity index is 1.67. The summed E-state index contributed by atoms with van der Waals surface area (Å²) >= 11 is 0. The smallest absolute Gasteiger partial charge is 0.252 e. The molecule has 0 atom stereocenters. The van der Waals surface area contributed by atoms with Crippen LogP contribution in [0.5, 0.6) is 0 Å². The van der Waals surface area contributed by atoms with Crippen LogP contribution >= 0.6 is 0 Å². The Hall–Kier alpha value is -1.79. The Bertz CT molecular complexity index is 453. The highest BCUT2D eigenvalue weighted by Crippen LogP contribution is 2.07. The highest BCUT2D eigenvalue weighted by atomic mass is 16.1. The number of hydrogen-bond donors (Lipinski definition) is 1. The molecule has 1 aliphatic heterocycles. The molecular weight excluding hydrogens is 236 g/mol. The van der Waals surface area contributed by atoms with Crippen LogP contribution in [0, 0.1) is 11.8 Å². The van der Waals surface area contributed by atoms with Crippen molar-refractivity contribution in [3.8, 4) is 11.8 Å². The van der Waals surface area contributed by atoms with Crippen molar-refractivity contribution in [1.29, 1.82) is 0 Å². The van der Waals surface area contributed by atoms with Crippen LogP contribution in [0.15, 0.2) is 30.3 Å². The SMILES string of the molecule is O=C(NCC#CCN1CCCCC1)c1ccccc1. The van der Waals surface area contributed by atoms with Gasteiger partial charge in [-0.1, -0.05) is 36.5 Å². The molecule has 1 fully saturated rings. The topological polar surface area (TPSA) is 32.3 Å². The Morgan fingerprint density at radius 1 is 1.11 bits per heavy atom. The fourth-order valence-electron chi connectivity index (χ4n) is 2.16. The zero-order chi connectivity index (χ0) is 13.3. The van der Waals surface area contributed by atoms with Crippen LogP contribution in [0.1, 0.15) is 29.6 Å². The van der Waals surface area contributed by atoms with Crippen LogP contribution in [-0.4, -0.2) is 37.0 Å². The molecule has 1 aliphatic rings. The number of rotatable bonds is 3. The lowest BCUT2D eigenvalue weighted by molar-refractivity contribution is 0.0958. The van der Waals surface area contributed by atoms with Gasteiger partial charge in [0.2, 0.25) is 0 Å². The molecule has 0 unspecified atom stereocenters. The van der Waals surface area contributed by atoms with Crippen LogP contribution < -0.4 is 5.32 Å². The predicted molar refractivity (Wildman–Crippen MR) is 76.8 cm³/mol. The summed E-state index contributed by atoms with van der Waals surface area (Å²) < 4.78 is 0. The Labute approximate surface area is 115 Å². The Morgan fingerprint density at radius 2 is 1.84 bits per heavy atom. The van der Waals surface area contributed by atoms with E-state index in [1.807, 2.05) is 18.2 Å². The summed E-state index contributed by atoms with van der Waals surface area (Å²) in [5.74, 6) is 6.07. The number of nitrogens with one attached hydrogen (secondary N) is 1. The average Bonchev–Trinajstić information content (AvgIpc) is 2.49. The second-order valence-electron chi connectivity index (χ2n) is 4.74. The van der Waals surface area contributed by atoms with Crippen molar-refractivity contribution in [2.45, 2.75) is 19.3 Å². The Kier molecular flexibility index (Phi) is 5.46. The zero-order valence-electron chi connectivity index (χ0n) is 11.2. The van der Waals surface area contributed by atoms with Crippen LogP contribution in [0.2, 0.25) is 0 Å². The monoisotopic (exact) mass is 256 g/mol. The maximum absolute atomic E-state index is 11.7. The van der Waals surface area contributed by atoms with E-state index in [9.17, 15) is 4.79 Å². The van der Waals surface area contributed by atoms with E-state index < -0.39 is 0 Å². The van der Waals surface area contributed by atoms with Gasteiger partial charge >= 0.3 is 0 Å². The number of amides is 1. The molecule has 3 heteroatoms. The van der Waals surface area contributed by atoms with Crippen LogP contribution in [-0.2, 0) is 0 Å². The summed E-state index contributed by atoms with van der Waals surface area (Å²) in [7, 11) is 0. The fourth-order valence-corrected chi connectivity index (χ4v) is 2.16. The van der Waals surface area contributed by atoms with Gasteiger partial charge in [-0.3, -0.25) is 9.69 Å². The molecule has 19 heavy (non-hydrogen) atoms. The molecular formula is C16H20N2O. The molecule has 1 aromatic rings. The number of carbonyl (C=O) groups is 1. The first-order valence-electron chi connectivity index (χ1n) is 6.87. The van der Waals surface area contributed by atoms with Crippen molar-refractivity contribution in [2.75, 3.05) is 26.2 Å². The van der Waals surface area contributed by atoms with Gasteiger partial charge in [0.05, 0.1) is 13.1 Å². The molecule has 2 rings (SSSR count). The van der Waals surface area contributed by atoms with Crippen molar-refractivity contribution in [1.82, 2.24) is 10.2 Å².